The van der Waals surface area contributed by atoms with Crippen molar-refractivity contribution in [3.63, 3.8) is 0 Å². The zero-order chi connectivity index (χ0) is 20.4. The topological polar surface area (TPSA) is 90.6 Å². The van der Waals surface area contributed by atoms with E-state index in [-0.39, 0.29) is 12.0 Å². The summed E-state index contributed by atoms with van der Waals surface area (Å²) in [5, 5.41) is 4.19. The molecule has 1 unspecified atom stereocenters. The summed E-state index contributed by atoms with van der Waals surface area (Å²) in [4.78, 5) is 23.3. The highest BCUT2D eigenvalue weighted by Crippen LogP contribution is 2.29. The minimum absolute atomic E-state index is 0.164. The Morgan fingerprint density at radius 3 is 2.62 bits per heavy atom. The number of piperidine rings is 1. The van der Waals surface area contributed by atoms with Crippen LogP contribution < -0.4 is 0 Å². The molecule has 156 valence electrons. The molecule has 1 amide bonds. The molecule has 2 aromatic rings. The normalized spacial score (nSPS) is 20.8. The van der Waals surface area contributed by atoms with Crippen LogP contribution in [-0.2, 0) is 9.47 Å². The molecule has 2 aliphatic rings. The standard InChI is InChI=1S/C21H28N4O4/c1-21(2,3)28-20(26)25-10-7-14(8-11-25)18-23-19(29-24-18)17-6-4-5-16(22-17)15-9-12-27-13-15/h4-6,14-15H,7-13H2,1-3H3. The number of amides is 1. The maximum absolute atomic E-state index is 12.2. The molecule has 2 aromatic heterocycles. The number of carbonyl (C=O) groups excluding carboxylic acids is 1. The molecule has 0 radical (unpaired) electrons. The summed E-state index contributed by atoms with van der Waals surface area (Å²) in [5.74, 6) is 1.61. The highest BCUT2D eigenvalue weighted by molar-refractivity contribution is 5.68. The lowest BCUT2D eigenvalue weighted by Crippen LogP contribution is -2.41. The van der Waals surface area contributed by atoms with Crippen molar-refractivity contribution < 1.29 is 18.8 Å². The average Bonchev–Trinajstić information content (AvgIpc) is 3.39. The highest BCUT2D eigenvalue weighted by atomic mass is 16.6. The second-order valence-electron chi connectivity index (χ2n) is 8.71. The van der Waals surface area contributed by atoms with Gasteiger partial charge in [0, 0.05) is 37.2 Å². The monoisotopic (exact) mass is 400 g/mol. The van der Waals surface area contributed by atoms with E-state index in [9.17, 15) is 4.79 Å². The van der Waals surface area contributed by atoms with Gasteiger partial charge in [0.15, 0.2) is 5.82 Å². The fourth-order valence-electron chi connectivity index (χ4n) is 3.72. The van der Waals surface area contributed by atoms with Gasteiger partial charge in [-0.15, -0.1) is 0 Å². The molecule has 1 atom stereocenters. The van der Waals surface area contributed by atoms with Gasteiger partial charge in [0.1, 0.15) is 11.3 Å². The first-order valence-corrected chi connectivity index (χ1v) is 10.3. The highest BCUT2D eigenvalue weighted by Gasteiger charge is 2.30. The van der Waals surface area contributed by atoms with Gasteiger partial charge >= 0.3 is 6.09 Å². The quantitative estimate of drug-likeness (QED) is 0.775. The van der Waals surface area contributed by atoms with Gasteiger partial charge in [-0.05, 0) is 52.2 Å². The van der Waals surface area contributed by atoms with Crippen LogP contribution in [0.4, 0.5) is 4.79 Å². The molecule has 0 aromatic carbocycles. The Morgan fingerprint density at radius 1 is 1.14 bits per heavy atom. The summed E-state index contributed by atoms with van der Waals surface area (Å²) >= 11 is 0. The summed E-state index contributed by atoms with van der Waals surface area (Å²) in [6, 6.07) is 5.88. The van der Waals surface area contributed by atoms with Crippen LogP contribution in [-0.4, -0.2) is 58.0 Å². The minimum Gasteiger partial charge on any atom is -0.444 e. The van der Waals surface area contributed by atoms with Crippen LogP contribution >= 0.6 is 0 Å². The molecule has 2 fully saturated rings. The predicted molar refractivity (Wildman–Crippen MR) is 105 cm³/mol. The van der Waals surface area contributed by atoms with Gasteiger partial charge < -0.3 is 18.9 Å². The number of pyridine rings is 1. The molecule has 8 nitrogen and oxygen atoms in total. The van der Waals surface area contributed by atoms with E-state index in [0.29, 0.717) is 43.0 Å². The lowest BCUT2D eigenvalue weighted by Gasteiger charge is -2.32. The number of carbonyl (C=O) groups is 1. The van der Waals surface area contributed by atoms with E-state index in [2.05, 4.69) is 10.1 Å². The molecule has 2 aliphatic heterocycles. The van der Waals surface area contributed by atoms with Crippen LogP contribution in [0.3, 0.4) is 0 Å². The van der Waals surface area contributed by atoms with Crippen molar-refractivity contribution in [3.05, 3.63) is 29.7 Å². The third-order valence-corrected chi connectivity index (χ3v) is 5.29. The summed E-state index contributed by atoms with van der Waals surface area (Å²) in [6.07, 6.45) is 2.29. The van der Waals surface area contributed by atoms with E-state index in [4.69, 9.17) is 19.0 Å². The third kappa shape index (κ3) is 4.75. The van der Waals surface area contributed by atoms with Crippen LogP contribution in [0.5, 0.6) is 0 Å². The minimum atomic E-state index is -0.483. The average molecular weight is 400 g/mol. The van der Waals surface area contributed by atoms with Gasteiger partial charge in [-0.3, -0.25) is 0 Å². The summed E-state index contributed by atoms with van der Waals surface area (Å²) in [5.41, 5.74) is 1.22. The molecule has 2 saturated heterocycles. The number of ether oxygens (including phenoxy) is 2. The van der Waals surface area contributed by atoms with Crippen molar-refractivity contribution in [2.24, 2.45) is 0 Å². The second-order valence-corrected chi connectivity index (χ2v) is 8.71. The van der Waals surface area contributed by atoms with Gasteiger partial charge in [-0.25, -0.2) is 9.78 Å². The van der Waals surface area contributed by atoms with Gasteiger partial charge in [-0.1, -0.05) is 11.2 Å². The Balaban J connectivity index is 1.39. The number of hydrogen-bond donors (Lipinski definition) is 0. The molecule has 0 spiro atoms. The first kappa shape index (κ1) is 19.8. The Hall–Kier alpha value is -2.48. The van der Waals surface area contributed by atoms with Gasteiger partial charge in [-0.2, -0.15) is 4.98 Å². The molecule has 0 N–H and O–H groups in total. The SMILES string of the molecule is CC(C)(C)OC(=O)N1CCC(c2noc(-c3cccc(C4CCOC4)n3)n2)CC1. The van der Waals surface area contributed by atoms with E-state index in [1.165, 1.54) is 0 Å². The van der Waals surface area contributed by atoms with E-state index >= 15 is 0 Å². The first-order chi connectivity index (χ1) is 13.9. The number of rotatable bonds is 3. The largest absolute Gasteiger partial charge is 0.444 e. The van der Waals surface area contributed by atoms with Crippen molar-refractivity contribution >= 4 is 6.09 Å². The Bertz CT molecular complexity index is 846. The smallest absolute Gasteiger partial charge is 0.410 e. The third-order valence-electron chi connectivity index (χ3n) is 5.29. The zero-order valence-electron chi connectivity index (χ0n) is 17.3. The van der Waals surface area contributed by atoms with E-state index in [0.717, 1.165) is 31.6 Å². The van der Waals surface area contributed by atoms with Crippen LogP contribution in [0.25, 0.3) is 11.6 Å². The molecule has 8 heteroatoms. The first-order valence-electron chi connectivity index (χ1n) is 10.3. The fraction of sp³-hybridized carbons (Fsp3) is 0.619. The molecule has 0 aliphatic carbocycles. The molecule has 29 heavy (non-hydrogen) atoms. The Kier molecular flexibility index (Phi) is 5.54. The lowest BCUT2D eigenvalue weighted by molar-refractivity contribution is 0.0203. The maximum atomic E-state index is 12.2. The molecule has 0 bridgehead atoms. The van der Waals surface area contributed by atoms with Gasteiger partial charge in [0.05, 0.1) is 6.61 Å². The van der Waals surface area contributed by atoms with Crippen LogP contribution in [0.1, 0.15) is 63.4 Å². The van der Waals surface area contributed by atoms with Gasteiger partial charge in [0.2, 0.25) is 0 Å². The second kappa shape index (κ2) is 8.10. The van der Waals surface area contributed by atoms with Crippen molar-refractivity contribution in [2.45, 2.75) is 57.5 Å². The van der Waals surface area contributed by atoms with E-state index in [1.807, 2.05) is 39.0 Å². The van der Waals surface area contributed by atoms with Crippen LogP contribution in [0, 0.1) is 0 Å². The number of likely N-dealkylation sites (tertiary alicyclic amines) is 1. The van der Waals surface area contributed by atoms with Crippen molar-refractivity contribution in [1.82, 2.24) is 20.0 Å². The van der Waals surface area contributed by atoms with Crippen molar-refractivity contribution in [3.8, 4) is 11.6 Å². The van der Waals surface area contributed by atoms with E-state index < -0.39 is 5.60 Å². The summed E-state index contributed by atoms with van der Waals surface area (Å²) in [6.45, 7) is 8.37. The zero-order valence-corrected chi connectivity index (χ0v) is 17.3. The molecule has 0 saturated carbocycles. The van der Waals surface area contributed by atoms with Crippen molar-refractivity contribution in [2.75, 3.05) is 26.3 Å². The fourth-order valence-corrected chi connectivity index (χ4v) is 3.72. The Labute approximate surface area is 170 Å². The number of aromatic nitrogens is 3. The number of hydrogen-bond acceptors (Lipinski definition) is 7. The van der Waals surface area contributed by atoms with Crippen LogP contribution in [0.15, 0.2) is 22.7 Å². The molecular formula is C21H28N4O4. The molecule has 4 heterocycles. The maximum Gasteiger partial charge on any atom is 0.410 e. The van der Waals surface area contributed by atoms with Crippen molar-refractivity contribution in [1.29, 1.82) is 0 Å². The van der Waals surface area contributed by atoms with E-state index in [1.54, 1.807) is 4.90 Å². The lowest BCUT2D eigenvalue weighted by atomic mass is 9.96. The predicted octanol–water partition coefficient (Wildman–Crippen LogP) is 3.75. The van der Waals surface area contributed by atoms with Gasteiger partial charge in [0.25, 0.3) is 5.89 Å². The Morgan fingerprint density at radius 2 is 1.93 bits per heavy atom. The van der Waals surface area contributed by atoms with Crippen LogP contribution in [0.2, 0.25) is 0 Å². The summed E-state index contributed by atoms with van der Waals surface area (Å²) in [7, 11) is 0. The number of nitrogens with zero attached hydrogens (tertiary/aromatic N) is 4. The summed E-state index contributed by atoms with van der Waals surface area (Å²) < 4.78 is 16.4. The molecular weight excluding hydrogens is 372 g/mol. The molecule has 4 rings (SSSR count).